The molecule has 0 saturated carbocycles. The molecule has 252 valence electrons. The maximum absolute atomic E-state index is 12.8. The number of hydrogen-bond acceptors (Lipinski definition) is 8. The van der Waals surface area contributed by atoms with Crippen molar-refractivity contribution >= 4 is 35.6 Å². The topological polar surface area (TPSA) is 234 Å². The van der Waals surface area contributed by atoms with E-state index >= 15 is 0 Å². The van der Waals surface area contributed by atoms with E-state index < -0.39 is 71.6 Å². The largest absolute Gasteiger partial charge is 0.493 e. The van der Waals surface area contributed by atoms with E-state index in [1.807, 2.05) is 58.0 Å². The van der Waals surface area contributed by atoms with Crippen LogP contribution in [-0.4, -0.2) is 81.7 Å². The monoisotopic (exact) mass is 636 g/mol. The lowest BCUT2D eigenvalue weighted by Crippen LogP contribution is -2.51. The van der Waals surface area contributed by atoms with Crippen molar-refractivity contribution in [2.24, 2.45) is 16.6 Å². The number of aliphatic carboxylic acids is 3. The first-order valence-corrected chi connectivity index (χ1v) is 14.8. The van der Waals surface area contributed by atoms with Crippen molar-refractivity contribution in [3.63, 3.8) is 0 Å². The van der Waals surface area contributed by atoms with Gasteiger partial charge in [0, 0.05) is 12.8 Å². The number of nitrogens with two attached hydrogens (primary N) is 1. The Hall–Kier alpha value is -4.20. The fraction of sp³-hybridized carbons (Fsp3) is 0.613. The third kappa shape index (κ3) is 15.9. The zero-order chi connectivity index (χ0) is 34.4. The maximum atomic E-state index is 12.8. The molecule has 0 spiro atoms. The van der Waals surface area contributed by atoms with E-state index in [4.69, 9.17) is 15.6 Å². The Bertz CT molecular complexity index is 1170. The third-order valence-electron chi connectivity index (χ3n) is 6.97. The molecule has 0 aliphatic carbocycles. The number of nitrogens with one attached hydrogen (secondary N) is 3. The number of rotatable bonds is 21. The molecule has 3 amide bonds. The summed E-state index contributed by atoms with van der Waals surface area (Å²) < 4.78 is 5.89. The number of benzene rings is 1. The predicted octanol–water partition coefficient (Wildman–Crippen LogP) is 1.90. The van der Waals surface area contributed by atoms with Gasteiger partial charge in [0.1, 0.15) is 29.9 Å². The maximum Gasteiger partial charge on any atom is 0.326 e. The molecule has 14 nitrogen and oxygen atoms in total. The van der Waals surface area contributed by atoms with Gasteiger partial charge in [0.25, 0.3) is 0 Å². The summed E-state index contributed by atoms with van der Waals surface area (Å²) in [5.74, 6) is -5.13. The van der Waals surface area contributed by atoms with Gasteiger partial charge in [-0.3, -0.25) is 19.2 Å². The summed E-state index contributed by atoms with van der Waals surface area (Å²) in [5, 5.41) is 34.9. The van der Waals surface area contributed by atoms with Crippen molar-refractivity contribution in [2.75, 3.05) is 6.61 Å². The standard InChI is InChI=1S/C31H48N4O10/c1-19(33-25(37)16-30(2,3)17-31(4,5)18-45-20-10-7-6-8-11-20)26(38)35-23(29(43)44)14-15-24(36)34-22(28(41)42)13-9-12-21(32)27(39)40/h6-8,10-11,19,21-23H,9,12-18,32H2,1-5H3,(H,33,37)(H,34,36)(H,35,38)(H,39,40)(H,41,42)(H,43,44). The highest BCUT2D eigenvalue weighted by molar-refractivity contribution is 5.90. The van der Waals surface area contributed by atoms with E-state index in [1.54, 1.807) is 0 Å². The van der Waals surface area contributed by atoms with Gasteiger partial charge >= 0.3 is 17.9 Å². The van der Waals surface area contributed by atoms with Crippen LogP contribution in [0.3, 0.4) is 0 Å². The number of carbonyl (C=O) groups is 6. The quantitative estimate of drug-likeness (QED) is 0.103. The molecule has 0 saturated heterocycles. The molecule has 4 unspecified atom stereocenters. The number of carboxylic acids is 3. The molecule has 45 heavy (non-hydrogen) atoms. The smallest absolute Gasteiger partial charge is 0.326 e. The van der Waals surface area contributed by atoms with Gasteiger partial charge in [-0.2, -0.15) is 0 Å². The number of carbonyl (C=O) groups excluding carboxylic acids is 3. The number of hydrogen-bond donors (Lipinski definition) is 7. The molecule has 4 atom stereocenters. The molecule has 0 aliphatic rings. The fourth-order valence-corrected chi connectivity index (χ4v) is 5.02. The van der Waals surface area contributed by atoms with Gasteiger partial charge in [-0.1, -0.05) is 45.9 Å². The van der Waals surface area contributed by atoms with Crippen molar-refractivity contribution in [3.05, 3.63) is 30.3 Å². The van der Waals surface area contributed by atoms with E-state index in [1.165, 1.54) is 6.92 Å². The number of para-hydroxylation sites is 1. The highest BCUT2D eigenvalue weighted by Crippen LogP contribution is 2.36. The molecule has 0 fully saturated rings. The number of carboxylic acid groups (broad SMARTS) is 3. The minimum absolute atomic E-state index is 0.00994. The molecule has 1 aromatic carbocycles. The molecule has 0 aliphatic heterocycles. The van der Waals surface area contributed by atoms with E-state index in [2.05, 4.69) is 16.0 Å². The van der Waals surface area contributed by atoms with Crippen LogP contribution in [0.2, 0.25) is 0 Å². The minimum Gasteiger partial charge on any atom is -0.493 e. The van der Waals surface area contributed by atoms with Crippen LogP contribution in [0.25, 0.3) is 0 Å². The molecule has 0 aromatic heterocycles. The average Bonchev–Trinajstić information content (AvgIpc) is 2.92. The molecule has 8 N–H and O–H groups in total. The molecule has 1 rings (SSSR count). The summed E-state index contributed by atoms with van der Waals surface area (Å²) in [4.78, 5) is 71.9. The highest BCUT2D eigenvalue weighted by atomic mass is 16.5. The van der Waals surface area contributed by atoms with Crippen LogP contribution in [-0.2, 0) is 28.8 Å². The lowest BCUT2D eigenvalue weighted by molar-refractivity contribution is -0.143. The minimum atomic E-state index is -1.47. The van der Waals surface area contributed by atoms with Crippen LogP contribution in [0.5, 0.6) is 5.75 Å². The Morgan fingerprint density at radius 2 is 1.36 bits per heavy atom. The first-order valence-electron chi connectivity index (χ1n) is 14.8. The van der Waals surface area contributed by atoms with Crippen molar-refractivity contribution in [2.45, 2.75) is 104 Å². The van der Waals surface area contributed by atoms with E-state index in [0.29, 0.717) is 13.0 Å². The van der Waals surface area contributed by atoms with Crippen molar-refractivity contribution in [1.82, 2.24) is 16.0 Å². The second-order valence-corrected chi connectivity index (χ2v) is 12.8. The summed E-state index contributed by atoms with van der Waals surface area (Å²) in [6.07, 6.45) is 0.0622. The first kappa shape index (κ1) is 38.8. The average molecular weight is 637 g/mol. The Kier molecular flexibility index (Phi) is 15.5. The Labute approximate surface area is 263 Å². The van der Waals surface area contributed by atoms with Gasteiger partial charge in [-0.05, 0) is 62.0 Å². The van der Waals surface area contributed by atoms with E-state index in [9.17, 15) is 39.0 Å². The highest BCUT2D eigenvalue weighted by Gasteiger charge is 2.33. The molecule has 1 aromatic rings. The summed E-state index contributed by atoms with van der Waals surface area (Å²) in [7, 11) is 0. The third-order valence-corrected chi connectivity index (χ3v) is 6.97. The van der Waals surface area contributed by atoms with Gasteiger partial charge in [0.2, 0.25) is 17.7 Å². The summed E-state index contributed by atoms with van der Waals surface area (Å²) in [5.41, 5.74) is 4.69. The molecular weight excluding hydrogens is 588 g/mol. The number of amides is 3. The fourth-order valence-electron chi connectivity index (χ4n) is 5.02. The van der Waals surface area contributed by atoms with Crippen LogP contribution < -0.4 is 26.4 Å². The van der Waals surface area contributed by atoms with Crippen LogP contribution >= 0.6 is 0 Å². The van der Waals surface area contributed by atoms with Crippen molar-refractivity contribution in [3.8, 4) is 5.75 Å². The van der Waals surface area contributed by atoms with Gasteiger partial charge in [0.15, 0.2) is 0 Å². The number of ether oxygens (including phenoxy) is 1. The first-order chi connectivity index (χ1) is 20.8. The van der Waals surface area contributed by atoms with Gasteiger partial charge in [-0.25, -0.2) is 9.59 Å². The van der Waals surface area contributed by atoms with E-state index in [-0.39, 0.29) is 37.5 Å². The molecule has 0 radical (unpaired) electrons. The molecule has 14 heteroatoms. The summed E-state index contributed by atoms with van der Waals surface area (Å²) >= 11 is 0. The zero-order valence-electron chi connectivity index (χ0n) is 26.6. The predicted molar refractivity (Wildman–Crippen MR) is 164 cm³/mol. The van der Waals surface area contributed by atoms with Crippen LogP contribution in [0.4, 0.5) is 0 Å². The van der Waals surface area contributed by atoms with Crippen LogP contribution in [0.15, 0.2) is 30.3 Å². The van der Waals surface area contributed by atoms with Gasteiger partial charge in [-0.15, -0.1) is 0 Å². The summed E-state index contributed by atoms with van der Waals surface area (Å²) in [6, 6.07) is 4.38. The lowest BCUT2D eigenvalue weighted by atomic mass is 9.73. The Balaban J connectivity index is 2.59. The second-order valence-electron chi connectivity index (χ2n) is 12.8. The van der Waals surface area contributed by atoms with Crippen LogP contribution in [0.1, 0.15) is 79.6 Å². The van der Waals surface area contributed by atoms with Gasteiger partial charge in [0.05, 0.1) is 6.61 Å². The van der Waals surface area contributed by atoms with Crippen molar-refractivity contribution in [1.29, 1.82) is 0 Å². The molecule has 0 heterocycles. The van der Waals surface area contributed by atoms with Crippen LogP contribution in [0, 0.1) is 10.8 Å². The molecular formula is C31H48N4O10. The summed E-state index contributed by atoms with van der Waals surface area (Å²) in [6.45, 7) is 9.81. The normalized spacial score (nSPS) is 14.3. The second kappa shape index (κ2) is 17.9. The van der Waals surface area contributed by atoms with Crippen molar-refractivity contribution < 1.29 is 48.8 Å². The molecule has 0 bridgehead atoms. The zero-order valence-corrected chi connectivity index (χ0v) is 26.6. The van der Waals surface area contributed by atoms with E-state index in [0.717, 1.165) is 5.75 Å². The SMILES string of the molecule is CC(NC(=O)CC(C)(C)CC(C)(C)COc1ccccc1)C(=O)NC(CCC(=O)NC(CCCC(N)C(=O)O)C(=O)O)C(=O)O. The Morgan fingerprint density at radius 3 is 1.91 bits per heavy atom. The lowest BCUT2D eigenvalue weighted by Gasteiger charge is -2.34. The van der Waals surface area contributed by atoms with Gasteiger partial charge < -0.3 is 41.7 Å². The Morgan fingerprint density at radius 1 is 0.778 bits per heavy atom.